The molecule has 0 unspecified atom stereocenters. The van der Waals surface area contributed by atoms with E-state index in [0.717, 1.165) is 34.9 Å². The average molecular weight is 401 g/mol. The molecule has 148 valence electrons. The molecular weight excluding hydrogens is 381 g/mol. The molecule has 0 fully saturated rings. The number of allylic oxidation sites excluding steroid dienone is 1. The standard InChI is InChI=1S/C29H20FN/c1-2-3-4-21-5-7-22(8-6-21)9-10-23-13-17-28-26(19-23)16-18-27(29(28)30)25-14-11-24(20-31)12-15-25/h2,5-8,11-19H,1,3-4H2. The normalized spacial score (nSPS) is 10.2. The van der Waals surface area contributed by atoms with Crippen LogP contribution in [0, 0.1) is 29.0 Å². The van der Waals surface area contributed by atoms with Crippen LogP contribution in [0.4, 0.5) is 4.39 Å². The van der Waals surface area contributed by atoms with E-state index >= 15 is 4.39 Å². The lowest BCUT2D eigenvalue weighted by atomic mass is 9.98. The van der Waals surface area contributed by atoms with E-state index in [9.17, 15) is 0 Å². The molecule has 1 nitrogen and oxygen atoms in total. The van der Waals surface area contributed by atoms with Crippen molar-refractivity contribution in [1.82, 2.24) is 0 Å². The van der Waals surface area contributed by atoms with Crippen molar-refractivity contribution in [2.75, 3.05) is 0 Å². The van der Waals surface area contributed by atoms with Gasteiger partial charge in [0.25, 0.3) is 0 Å². The Labute approximate surface area is 182 Å². The maximum Gasteiger partial charge on any atom is 0.138 e. The van der Waals surface area contributed by atoms with Crippen molar-refractivity contribution in [3.63, 3.8) is 0 Å². The quantitative estimate of drug-likeness (QED) is 0.266. The van der Waals surface area contributed by atoms with Crippen LogP contribution in [-0.4, -0.2) is 0 Å². The second-order valence-electron chi connectivity index (χ2n) is 7.33. The van der Waals surface area contributed by atoms with Gasteiger partial charge in [-0.05, 0) is 65.8 Å². The molecule has 0 N–H and O–H groups in total. The van der Waals surface area contributed by atoms with E-state index in [-0.39, 0.29) is 5.82 Å². The topological polar surface area (TPSA) is 23.8 Å². The van der Waals surface area contributed by atoms with Gasteiger partial charge in [0.05, 0.1) is 11.6 Å². The first-order valence-corrected chi connectivity index (χ1v) is 10.1. The van der Waals surface area contributed by atoms with Gasteiger partial charge in [0, 0.05) is 22.1 Å². The molecule has 0 aromatic heterocycles. The Morgan fingerprint density at radius 2 is 1.48 bits per heavy atom. The summed E-state index contributed by atoms with van der Waals surface area (Å²) in [5, 5.41) is 10.3. The number of nitrogens with zero attached hydrogens (tertiary/aromatic N) is 1. The van der Waals surface area contributed by atoms with E-state index in [0.29, 0.717) is 16.5 Å². The summed E-state index contributed by atoms with van der Waals surface area (Å²) in [4.78, 5) is 0. The Bertz CT molecular complexity index is 1350. The highest BCUT2D eigenvalue weighted by molar-refractivity contribution is 5.89. The van der Waals surface area contributed by atoms with Gasteiger partial charge < -0.3 is 0 Å². The number of nitriles is 1. The van der Waals surface area contributed by atoms with Crippen LogP contribution in [0.5, 0.6) is 0 Å². The lowest BCUT2D eigenvalue weighted by Crippen LogP contribution is -1.88. The van der Waals surface area contributed by atoms with Crippen LogP contribution >= 0.6 is 0 Å². The number of rotatable bonds is 4. The molecule has 0 bridgehead atoms. The highest BCUT2D eigenvalue weighted by Gasteiger charge is 2.10. The zero-order valence-electron chi connectivity index (χ0n) is 17.0. The molecule has 4 rings (SSSR count). The minimum atomic E-state index is -0.267. The van der Waals surface area contributed by atoms with Crippen LogP contribution in [0.1, 0.15) is 28.7 Å². The Morgan fingerprint density at radius 1 is 0.806 bits per heavy atom. The second-order valence-corrected chi connectivity index (χ2v) is 7.33. The van der Waals surface area contributed by atoms with Gasteiger partial charge in [-0.25, -0.2) is 4.39 Å². The SMILES string of the molecule is C=CCCc1ccc(C#Cc2ccc3c(F)c(-c4ccc(C#N)cc4)ccc3c2)cc1. The zero-order chi connectivity index (χ0) is 21.6. The van der Waals surface area contributed by atoms with E-state index in [1.54, 1.807) is 36.4 Å². The number of hydrogen-bond acceptors (Lipinski definition) is 1. The minimum Gasteiger partial charge on any atom is -0.206 e. The molecule has 0 saturated carbocycles. The monoisotopic (exact) mass is 401 g/mol. The van der Waals surface area contributed by atoms with Gasteiger partial charge in [0.1, 0.15) is 5.82 Å². The molecule has 0 aliphatic heterocycles. The molecule has 0 spiro atoms. The Kier molecular flexibility index (Phi) is 5.93. The fourth-order valence-corrected chi connectivity index (χ4v) is 3.48. The van der Waals surface area contributed by atoms with Crippen molar-refractivity contribution in [1.29, 1.82) is 5.26 Å². The lowest BCUT2D eigenvalue weighted by Gasteiger charge is -2.07. The lowest BCUT2D eigenvalue weighted by molar-refractivity contribution is 0.643. The van der Waals surface area contributed by atoms with Crippen LogP contribution < -0.4 is 0 Å². The van der Waals surface area contributed by atoms with Crippen LogP contribution in [-0.2, 0) is 6.42 Å². The predicted octanol–water partition coefficient (Wildman–Crippen LogP) is 7.04. The largest absolute Gasteiger partial charge is 0.206 e. The maximum absolute atomic E-state index is 15.1. The second kappa shape index (κ2) is 9.12. The summed E-state index contributed by atoms with van der Waals surface area (Å²) in [6.07, 6.45) is 3.87. The maximum atomic E-state index is 15.1. The van der Waals surface area contributed by atoms with E-state index in [4.69, 9.17) is 5.26 Å². The summed E-state index contributed by atoms with van der Waals surface area (Å²) in [5.41, 5.74) is 4.88. The summed E-state index contributed by atoms with van der Waals surface area (Å²) in [6.45, 7) is 3.75. The van der Waals surface area contributed by atoms with Crippen LogP contribution in [0.3, 0.4) is 0 Å². The van der Waals surface area contributed by atoms with E-state index < -0.39 is 0 Å². The molecule has 2 heteroatoms. The summed E-state index contributed by atoms with van der Waals surface area (Å²) in [7, 11) is 0. The third-order valence-corrected chi connectivity index (χ3v) is 5.22. The fourth-order valence-electron chi connectivity index (χ4n) is 3.48. The number of aryl methyl sites for hydroxylation is 1. The smallest absolute Gasteiger partial charge is 0.138 e. The van der Waals surface area contributed by atoms with Gasteiger partial charge in [-0.3, -0.25) is 0 Å². The van der Waals surface area contributed by atoms with Crippen LogP contribution in [0.25, 0.3) is 21.9 Å². The molecule has 0 atom stereocenters. The summed E-state index contributed by atoms with van der Waals surface area (Å²) < 4.78 is 15.1. The van der Waals surface area contributed by atoms with E-state index in [1.165, 1.54) is 5.56 Å². The Morgan fingerprint density at radius 3 is 2.19 bits per heavy atom. The summed E-state index contributed by atoms with van der Waals surface area (Å²) in [6, 6.07) is 26.5. The minimum absolute atomic E-state index is 0.267. The van der Waals surface area contributed by atoms with Crippen molar-refractivity contribution >= 4 is 10.8 Å². The van der Waals surface area contributed by atoms with Crippen molar-refractivity contribution in [3.8, 4) is 29.0 Å². The third kappa shape index (κ3) is 4.55. The molecule has 4 aromatic carbocycles. The van der Waals surface area contributed by atoms with Crippen LogP contribution in [0.15, 0.2) is 91.5 Å². The number of halogens is 1. The molecular formula is C29H20FN. The van der Waals surface area contributed by atoms with Gasteiger partial charge in [-0.15, -0.1) is 6.58 Å². The Hall–Kier alpha value is -4.14. The molecule has 0 amide bonds. The highest BCUT2D eigenvalue weighted by Crippen LogP contribution is 2.29. The summed E-state index contributed by atoms with van der Waals surface area (Å²) >= 11 is 0. The first kappa shape index (κ1) is 20.1. The molecule has 0 saturated heterocycles. The van der Waals surface area contributed by atoms with Crippen molar-refractivity contribution in [2.24, 2.45) is 0 Å². The summed E-state index contributed by atoms with van der Waals surface area (Å²) in [5.74, 6) is 6.09. The Balaban J connectivity index is 1.60. The fraction of sp³-hybridized carbons (Fsp3) is 0.0690. The molecule has 0 aliphatic rings. The molecule has 0 radical (unpaired) electrons. The highest BCUT2D eigenvalue weighted by atomic mass is 19.1. The third-order valence-electron chi connectivity index (χ3n) is 5.22. The predicted molar refractivity (Wildman–Crippen MR) is 125 cm³/mol. The van der Waals surface area contributed by atoms with Gasteiger partial charge in [-0.1, -0.05) is 60.4 Å². The molecule has 0 aliphatic carbocycles. The van der Waals surface area contributed by atoms with E-state index in [2.05, 4.69) is 36.6 Å². The molecule has 31 heavy (non-hydrogen) atoms. The number of fused-ring (bicyclic) bond motifs is 1. The van der Waals surface area contributed by atoms with Gasteiger partial charge in [0.15, 0.2) is 0 Å². The van der Waals surface area contributed by atoms with Crippen molar-refractivity contribution in [3.05, 3.63) is 120 Å². The number of benzene rings is 4. The van der Waals surface area contributed by atoms with Gasteiger partial charge in [-0.2, -0.15) is 5.26 Å². The van der Waals surface area contributed by atoms with Crippen molar-refractivity contribution in [2.45, 2.75) is 12.8 Å². The van der Waals surface area contributed by atoms with Crippen molar-refractivity contribution < 1.29 is 4.39 Å². The van der Waals surface area contributed by atoms with Gasteiger partial charge in [0.2, 0.25) is 0 Å². The van der Waals surface area contributed by atoms with Gasteiger partial charge >= 0.3 is 0 Å². The van der Waals surface area contributed by atoms with Crippen LogP contribution in [0.2, 0.25) is 0 Å². The first-order chi connectivity index (χ1) is 15.2. The molecule has 0 heterocycles. The number of hydrogen-bond donors (Lipinski definition) is 0. The molecule has 4 aromatic rings. The zero-order valence-corrected chi connectivity index (χ0v) is 17.0. The average Bonchev–Trinajstić information content (AvgIpc) is 2.82. The van der Waals surface area contributed by atoms with E-state index in [1.807, 2.05) is 36.4 Å². The first-order valence-electron chi connectivity index (χ1n) is 10.1.